The minimum atomic E-state index is -0.802. The summed E-state index contributed by atoms with van der Waals surface area (Å²) in [4.78, 5) is 10.5. The van der Waals surface area contributed by atoms with E-state index >= 15 is 0 Å². The highest BCUT2D eigenvalue weighted by Crippen LogP contribution is 2.27. The summed E-state index contributed by atoms with van der Waals surface area (Å²) in [5.74, 6) is 0.218. The number of aryl methyl sites for hydroxylation is 3. The number of carbonyl (C=O) groups is 1. The van der Waals surface area contributed by atoms with Gasteiger partial charge >= 0.3 is 5.97 Å². The lowest BCUT2D eigenvalue weighted by atomic mass is 10.1. The summed E-state index contributed by atoms with van der Waals surface area (Å²) in [7, 11) is 0. The summed E-state index contributed by atoms with van der Waals surface area (Å²) in [5, 5.41) is 16.6. The van der Waals surface area contributed by atoms with Crippen LogP contribution in [0.1, 0.15) is 36.3 Å². The van der Waals surface area contributed by atoms with Gasteiger partial charge in [-0.15, -0.1) is 10.2 Å². The molecule has 0 bridgehead atoms. The molecule has 0 amide bonds. The molecule has 0 spiro atoms. The molecule has 5 nitrogen and oxygen atoms in total. The van der Waals surface area contributed by atoms with Crippen molar-refractivity contribution in [2.24, 2.45) is 0 Å². The van der Waals surface area contributed by atoms with Crippen molar-refractivity contribution >= 4 is 5.97 Å². The highest BCUT2D eigenvalue weighted by molar-refractivity contribution is 5.66. The maximum Gasteiger partial charge on any atom is 0.303 e. The van der Waals surface area contributed by atoms with Crippen LogP contribution >= 0.6 is 0 Å². The highest BCUT2D eigenvalue weighted by Gasteiger charge is 2.14. The van der Waals surface area contributed by atoms with E-state index in [1.807, 2.05) is 6.07 Å². The monoisotopic (exact) mass is 272 g/mol. The zero-order valence-electron chi connectivity index (χ0n) is 11.1. The molecule has 1 N–H and O–H groups in total. The average Bonchev–Trinajstić information content (AvgIpc) is 3.05. The molecule has 1 aromatic heterocycles. The Balaban J connectivity index is 1.71. The lowest BCUT2D eigenvalue weighted by Crippen LogP contribution is -1.95. The normalized spacial score (nSPS) is 13.4. The number of aromatic nitrogens is 2. The summed E-state index contributed by atoms with van der Waals surface area (Å²) in [6.07, 6.45) is 4.62. The third-order valence-corrected chi connectivity index (χ3v) is 3.59. The molecule has 1 aromatic carbocycles. The van der Waals surface area contributed by atoms with Crippen molar-refractivity contribution in [2.45, 2.75) is 38.5 Å². The minimum Gasteiger partial charge on any atom is -0.481 e. The first-order valence-corrected chi connectivity index (χ1v) is 6.89. The van der Waals surface area contributed by atoms with Crippen LogP contribution in [-0.4, -0.2) is 21.3 Å². The third-order valence-electron chi connectivity index (χ3n) is 3.59. The van der Waals surface area contributed by atoms with E-state index in [2.05, 4.69) is 22.3 Å². The zero-order valence-corrected chi connectivity index (χ0v) is 11.1. The van der Waals surface area contributed by atoms with Gasteiger partial charge in [-0.2, -0.15) is 0 Å². The predicted molar refractivity (Wildman–Crippen MR) is 72.3 cm³/mol. The van der Waals surface area contributed by atoms with Gasteiger partial charge in [-0.05, 0) is 48.9 Å². The minimum absolute atomic E-state index is 0.122. The van der Waals surface area contributed by atoms with E-state index < -0.39 is 5.97 Å². The van der Waals surface area contributed by atoms with Crippen LogP contribution in [0.15, 0.2) is 22.6 Å². The number of rotatable bonds is 5. The molecule has 0 radical (unpaired) electrons. The second-order valence-corrected chi connectivity index (χ2v) is 5.09. The molecule has 1 aliphatic carbocycles. The van der Waals surface area contributed by atoms with Gasteiger partial charge in [0.15, 0.2) is 0 Å². The molecule has 2 aromatic rings. The Kier molecular flexibility index (Phi) is 3.50. The Labute approximate surface area is 116 Å². The first-order valence-electron chi connectivity index (χ1n) is 6.89. The van der Waals surface area contributed by atoms with Gasteiger partial charge in [-0.3, -0.25) is 4.79 Å². The van der Waals surface area contributed by atoms with Crippen LogP contribution in [-0.2, 0) is 24.1 Å². The molecule has 0 atom stereocenters. The standard InChI is InChI=1S/C15H16N2O3/c18-14(19)6-2-5-13-16-17-15(20-13)12-8-7-10-3-1-4-11(10)9-12/h7-9H,1-6H2,(H,18,19). The fourth-order valence-corrected chi connectivity index (χ4v) is 2.57. The van der Waals surface area contributed by atoms with E-state index in [4.69, 9.17) is 9.52 Å². The smallest absolute Gasteiger partial charge is 0.303 e. The van der Waals surface area contributed by atoms with E-state index in [0.29, 0.717) is 24.6 Å². The van der Waals surface area contributed by atoms with Gasteiger partial charge in [0.05, 0.1) is 0 Å². The molecule has 104 valence electrons. The fourth-order valence-electron chi connectivity index (χ4n) is 2.57. The third kappa shape index (κ3) is 2.71. The summed E-state index contributed by atoms with van der Waals surface area (Å²) in [6.45, 7) is 0. The number of carboxylic acid groups (broad SMARTS) is 1. The Morgan fingerprint density at radius 2 is 2.10 bits per heavy atom. The van der Waals surface area contributed by atoms with Gasteiger partial charge < -0.3 is 9.52 Å². The van der Waals surface area contributed by atoms with Crippen molar-refractivity contribution in [3.8, 4) is 11.5 Å². The lowest BCUT2D eigenvalue weighted by Gasteiger charge is -2.00. The molecule has 0 saturated heterocycles. The van der Waals surface area contributed by atoms with Crippen LogP contribution in [0.5, 0.6) is 0 Å². The second kappa shape index (κ2) is 5.45. The van der Waals surface area contributed by atoms with E-state index in [1.54, 1.807) is 0 Å². The Morgan fingerprint density at radius 3 is 2.95 bits per heavy atom. The number of fused-ring (bicyclic) bond motifs is 1. The maximum atomic E-state index is 10.5. The van der Waals surface area contributed by atoms with Crippen molar-refractivity contribution in [2.75, 3.05) is 0 Å². The molecule has 3 rings (SSSR count). The molecule has 5 heteroatoms. The molecule has 1 heterocycles. The quantitative estimate of drug-likeness (QED) is 0.905. The molecule has 0 unspecified atom stereocenters. The van der Waals surface area contributed by atoms with E-state index in [1.165, 1.54) is 17.5 Å². The van der Waals surface area contributed by atoms with Gasteiger partial charge in [0.1, 0.15) is 0 Å². The van der Waals surface area contributed by atoms with Crippen molar-refractivity contribution in [3.63, 3.8) is 0 Å². The van der Waals surface area contributed by atoms with Crippen LogP contribution in [0.25, 0.3) is 11.5 Å². The molecule has 1 aliphatic rings. The number of nitrogens with zero attached hydrogens (tertiary/aromatic N) is 2. The van der Waals surface area contributed by atoms with Crippen LogP contribution in [0.4, 0.5) is 0 Å². The average molecular weight is 272 g/mol. The molecule has 0 aliphatic heterocycles. The highest BCUT2D eigenvalue weighted by atomic mass is 16.4. The topological polar surface area (TPSA) is 76.2 Å². The second-order valence-electron chi connectivity index (χ2n) is 5.09. The summed E-state index contributed by atoms with van der Waals surface area (Å²) < 4.78 is 5.60. The number of carboxylic acids is 1. The van der Waals surface area contributed by atoms with Crippen molar-refractivity contribution in [1.82, 2.24) is 10.2 Å². The largest absolute Gasteiger partial charge is 0.481 e. The zero-order chi connectivity index (χ0) is 13.9. The van der Waals surface area contributed by atoms with Crippen LogP contribution in [0, 0.1) is 0 Å². The van der Waals surface area contributed by atoms with Gasteiger partial charge in [-0.1, -0.05) is 6.07 Å². The van der Waals surface area contributed by atoms with Crippen LogP contribution in [0.3, 0.4) is 0 Å². The summed E-state index contributed by atoms with van der Waals surface area (Å²) >= 11 is 0. The Hall–Kier alpha value is -2.17. The summed E-state index contributed by atoms with van der Waals surface area (Å²) in [6, 6.07) is 6.27. The van der Waals surface area contributed by atoms with Gasteiger partial charge in [-0.25, -0.2) is 0 Å². The fraction of sp³-hybridized carbons (Fsp3) is 0.400. The first-order chi connectivity index (χ1) is 9.72. The molecule has 20 heavy (non-hydrogen) atoms. The molecular formula is C15H16N2O3. The Morgan fingerprint density at radius 1 is 1.25 bits per heavy atom. The van der Waals surface area contributed by atoms with Crippen LogP contribution < -0.4 is 0 Å². The van der Waals surface area contributed by atoms with Crippen LogP contribution in [0.2, 0.25) is 0 Å². The first kappa shape index (κ1) is 12.8. The van der Waals surface area contributed by atoms with Gasteiger partial charge in [0.2, 0.25) is 11.8 Å². The number of hydrogen-bond acceptors (Lipinski definition) is 4. The molecular weight excluding hydrogens is 256 g/mol. The van der Waals surface area contributed by atoms with E-state index in [-0.39, 0.29) is 6.42 Å². The SMILES string of the molecule is O=C(O)CCCc1nnc(-c2ccc3c(c2)CCC3)o1. The van der Waals surface area contributed by atoms with E-state index in [9.17, 15) is 4.79 Å². The van der Waals surface area contributed by atoms with E-state index in [0.717, 1.165) is 18.4 Å². The van der Waals surface area contributed by atoms with Gasteiger partial charge in [0, 0.05) is 18.4 Å². The number of aliphatic carboxylic acids is 1. The molecule has 0 fully saturated rings. The Bertz CT molecular complexity index is 634. The number of hydrogen-bond donors (Lipinski definition) is 1. The predicted octanol–water partition coefficient (Wildman–Crippen LogP) is 2.63. The van der Waals surface area contributed by atoms with Crippen molar-refractivity contribution in [3.05, 3.63) is 35.2 Å². The van der Waals surface area contributed by atoms with Crippen molar-refractivity contribution < 1.29 is 14.3 Å². The summed E-state index contributed by atoms with van der Waals surface area (Å²) in [5.41, 5.74) is 3.73. The number of benzene rings is 1. The van der Waals surface area contributed by atoms with Crippen molar-refractivity contribution in [1.29, 1.82) is 0 Å². The van der Waals surface area contributed by atoms with Gasteiger partial charge in [0.25, 0.3) is 0 Å². The molecule has 0 saturated carbocycles. The lowest BCUT2D eigenvalue weighted by molar-refractivity contribution is -0.137. The maximum absolute atomic E-state index is 10.5.